The minimum Gasteiger partial charge on any atom is -0.355 e. The summed E-state index contributed by atoms with van der Waals surface area (Å²) in [6.45, 7) is 2.61. The van der Waals surface area contributed by atoms with Gasteiger partial charge in [-0.15, -0.1) is 0 Å². The maximum Gasteiger partial charge on any atom is 0.152 e. The first-order valence-corrected chi connectivity index (χ1v) is 10.2. The van der Waals surface area contributed by atoms with Gasteiger partial charge in [0.2, 0.25) is 0 Å². The third kappa shape index (κ3) is 4.28. The molecule has 7 heteroatoms. The lowest BCUT2D eigenvalue weighted by molar-refractivity contribution is 0.600. The number of hydrogen-bond donors (Lipinski definition) is 0. The van der Waals surface area contributed by atoms with E-state index in [9.17, 15) is 8.42 Å². The van der Waals surface area contributed by atoms with Gasteiger partial charge >= 0.3 is 0 Å². The fraction of sp³-hybridized carbons (Fsp3) is 0.444. The van der Waals surface area contributed by atoms with Crippen molar-refractivity contribution in [1.29, 1.82) is 0 Å². The average molecular weight is 360 g/mol. The molecule has 1 fully saturated rings. The van der Waals surface area contributed by atoms with Gasteiger partial charge in [-0.3, -0.25) is 0 Å². The SMILES string of the molecule is Cc1nc(N(C)Cc2ccccc2)cc(N(C)C2CCS(=O)(=O)C2)n1. The van der Waals surface area contributed by atoms with Gasteiger partial charge in [0, 0.05) is 32.7 Å². The van der Waals surface area contributed by atoms with Crippen LogP contribution < -0.4 is 9.80 Å². The van der Waals surface area contributed by atoms with Crippen LogP contribution in [0.1, 0.15) is 17.8 Å². The van der Waals surface area contributed by atoms with Crippen LogP contribution in [0.4, 0.5) is 11.6 Å². The fourth-order valence-corrected chi connectivity index (χ4v) is 4.89. The Kier molecular flexibility index (Phi) is 4.94. The summed E-state index contributed by atoms with van der Waals surface area (Å²) in [5.74, 6) is 2.73. The molecule has 3 rings (SSSR count). The Hall–Kier alpha value is -2.15. The van der Waals surface area contributed by atoms with Gasteiger partial charge in [-0.1, -0.05) is 30.3 Å². The number of hydrogen-bond acceptors (Lipinski definition) is 6. The molecule has 0 amide bonds. The normalized spacial score (nSPS) is 18.9. The van der Waals surface area contributed by atoms with Gasteiger partial charge in [0.15, 0.2) is 9.84 Å². The van der Waals surface area contributed by atoms with Crippen LogP contribution in [-0.2, 0) is 16.4 Å². The quantitative estimate of drug-likeness (QED) is 0.813. The maximum atomic E-state index is 11.8. The van der Waals surface area contributed by atoms with Crippen LogP contribution in [0.5, 0.6) is 0 Å². The van der Waals surface area contributed by atoms with E-state index in [0.717, 1.165) is 18.2 Å². The van der Waals surface area contributed by atoms with Crippen LogP contribution in [0.2, 0.25) is 0 Å². The third-order valence-electron chi connectivity index (χ3n) is 4.58. The van der Waals surface area contributed by atoms with E-state index in [1.54, 1.807) is 0 Å². The summed E-state index contributed by atoms with van der Waals surface area (Å²) >= 11 is 0. The predicted molar refractivity (Wildman–Crippen MR) is 101 cm³/mol. The molecular formula is C18H24N4O2S. The van der Waals surface area contributed by atoms with Crippen molar-refractivity contribution < 1.29 is 8.42 Å². The van der Waals surface area contributed by atoms with Gasteiger partial charge in [-0.25, -0.2) is 18.4 Å². The first-order valence-electron chi connectivity index (χ1n) is 8.38. The molecule has 0 N–H and O–H groups in total. The van der Waals surface area contributed by atoms with E-state index in [2.05, 4.69) is 27.0 Å². The van der Waals surface area contributed by atoms with E-state index in [1.807, 2.05) is 50.2 Å². The van der Waals surface area contributed by atoms with Crippen LogP contribution in [0.3, 0.4) is 0 Å². The molecule has 2 aromatic rings. The molecular weight excluding hydrogens is 336 g/mol. The van der Waals surface area contributed by atoms with Crippen molar-refractivity contribution in [3.8, 4) is 0 Å². The summed E-state index contributed by atoms with van der Waals surface area (Å²) in [5.41, 5.74) is 1.21. The summed E-state index contributed by atoms with van der Waals surface area (Å²) in [6, 6.07) is 12.1. The predicted octanol–water partition coefficient (Wildman–Crippen LogP) is 2.04. The summed E-state index contributed by atoms with van der Waals surface area (Å²) in [7, 11) is 0.988. The molecule has 1 atom stereocenters. The van der Waals surface area contributed by atoms with Gasteiger partial charge in [0.05, 0.1) is 11.5 Å². The second kappa shape index (κ2) is 7.00. The average Bonchev–Trinajstić information content (AvgIpc) is 2.94. The maximum absolute atomic E-state index is 11.8. The standard InChI is InChI=1S/C18H24N4O2S/c1-14-19-17(21(2)12-15-7-5-4-6-8-15)11-18(20-14)22(3)16-9-10-25(23,24)13-16/h4-8,11,16H,9-10,12-13H2,1-3H3. The highest BCUT2D eigenvalue weighted by atomic mass is 32.2. The minimum absolute atomic E-state index is 0.0217. The Morgan fingerprint density at radius 3 is 2.44 bits per heavy atom. The van der Waals surface area contributed by atoms with Crippen molar-refractivity contribution in [2.24, 2.45) is 0 Å². The Bertz CT molecular complexity index is 839. The molecule has 6 nitrogen and oxygen atoms in total. The van der Waals surface area contributed by atoms with Crippen molar-refractivity contribution in [1.82, 2.24) is 9.97 Å². The number of rotatable bonds is 5. The Balaban J connectivity index is 1.80. The third-order valence-corrected chi connectivity index (χ3v) is 6.33. The molecule has 0 spiro atoms. The molecule has 1 saturated heterocycles. The molecule has 1 aromatic carbocycles. The first-order chi connectivity index (χ1) is 11.8. The summed E-state index contributed by atoms with van der Waals surface area (Å²) < 4.78 is 23.5. The fourth-order valence-electron chi connectivity index (χ4n) is 3.12. The molecule has 1 aliphatic heterocycles. The molecule has 0 radical (unpaired) electrons. The molecule has 2 heterocycles. The van der Waals surface area contributed by atoms with Crippen LogP contribution in [0, 0.1) is 6.92 Å². The van der Waals surface area contributed by atoms with Gasteiger partial charge in [-0.05, 0) is 18.9 Å². The number of benzene rings is 1. The monoisotopic (exact) mass is 360 g/mol. The summed E-state index contributed by atoms with van der Waals surface area (Å²) in [6.07, 6.45) is 0.650. The largest absolute Gasteiger partial charge is 0.355 e. The van der Waals surface area contributed by atoms with Gasteiger partial charge in [0.1, 0.15) is 17.5 Å². The van der Waals surface area contributed by atoms with E-state index in [-0.39, 0.29) is 17.5 Å². The number of aryl methyl sites for hydroxylation is 1. The zero-order valence-electron chi connectivity index (χ0n) is 14.9. The van der Waals surface area contributed by atoms with E-state index in [4.69, 9.17) is 0 Å². The molecule has 1 aromatic heterocycles. The van der Waals surface area contributed by atoms with Gasteiger partial charge in [0.25, 0.3) is 0 Å². The van der Waals surface area contributed by atoms with E-state index in [1.165, 1.54) is 5.56 Å². The molecule has 25 heavy (non-hydrogen) atoms. The van der Waals surface area contributed by atoms with Gasteiger partial charge < -0.3 is 9.80 Å². The zero-order chi connectivity index (χ0) is 18.0. The lowest BCUT2D eigenvalue weighted by Gasteiger charge is -2.26. The number of nitrogens with zero attached hydrogens (tertiary/aromatic N) is 4. The smallest absolute Gasteiger partial charge is 0.152 e. The van der Waals surface area contributed by atoms with Crippen molar-refractivity contribution >= 4 is 21.5 Å². The molecule has 1 unspecified atom stereocenters. The van der Waals surface area contributed by atoms with E-state index in [0.29, 0.717) is 12.2 Å². The van der Waals surface area contributed by atoms with E-state index >= 15 is 0 Å². The topological polar surface area (TPSA) is 66.4 Å². The highest BCUT2D eigenvalue weighted by Gasteiger charge is 2.31. The second-order valence-electron chi connectivity index (χ2n) is 6.64. The lowest BCUT2D eigenvalue weighted by Crippen LogP contribution is -2.33. The molecule has 0 aliphatic carbocycles. The Morgan fingerprint density at radius 2 is 1.80 bits per heavy atom. The van der Waals surface area contributed by atoms with Crippen molar-refractivity contribution in [2.75, 3.05) is 35.4 Å². The van der Waals surface area contributed by atoms with E-state index < -0.39 is 9.84 Å². The lowest BCUT2D eigenvalue weighted by atomic mass is 10.2. The molecule has 134 valence electrons. The first kappa shape index (κ1) is 17.7. The Morgan fingerprint density at radius 1 is 1.12 bits per heavy atom. The van der Waals surface area contributed by atoms with Gasteiger partial charge in [-0.2, -0.15) is 0 Å². The number of sulfone groups is 1. The second-order valence-corrected chi connectivity index (χ2v) is 8.87. The van der Waals surface area contributed by atoms with Crippen molar-refractivity contribution in [3.63, 3.8) is 0 Å². The highest BCUT2D eigenvalue weighted by Crippen LogP contribution is 2.24. The zero-order valence-corrected chi connectivity index (χ0v) is 15.7. The molecule has 0 saturated carbocycles. The summed E-state index contributed by atoms with van der Waals surface area (Å²) in [5, 5.41) is 0. The highest BCUT2D eigenvalue weighted by molar-refractivity contribution is 7.91. The number of anilines is 2. The molecule has 0 bridgehead atoms. The van der Waals surface area contributed by atoms with Crippen molar-refractivity contribution in [3.05, 3.63) is 47.8 Å². The van der Waals surface area contributed by atoms with Crippen LogP contribution in [-0.4, -0.2) is 50.0 Å². The van der Waals surface area contributed by atoms with Crippen LogP contribution in [0.15, 0.2) is 36.4 Å². The van der Waals surface area contributed by atoms with Crippen molar-refractivity contribution in [2.45, 2.75) is 25.9 Å². The summed E-state index contributed by atoms with van der Waals surface area (Å²) in [4.78, 5) is 13.1. The Labute approximate surface area is 149 Å². The van der Waals surface area contributed by atoms with Crippen LogP contribution in [0.25, 0.3) is 0 Å². The van der Waals surface area contributed by atoms with Crippen LogP contribution >= 0.6 is 0 Å². The number of aromatic nitrogens is 2. The minimum atomic E-state index is -2.92. The molecule has 1 aliphatic rings.